The van der Waals surface area contributed by atoms with Gasteiger partial charge in [0.2, 0.25) is 0 Å². The van der Waals surface area contributed by atoms with Crippen molar-refractivity contribution in [2.45, 2.75) is 65.3 Å². The lowest BCUT2D eigenvalue weighted by molar-refractivity contribution is -0.0574. The van der Waals surface area contributed by atoms with Gasteiger partial charge >= 0.3 is 0 Å². The lowest BCUT2D eigenvalue weighted by atomic mass is 10.2. The quantitative estimate of drug-likeness (QED) is 0.516. The summed E-state index contributed by atoms with van der Waals surface area (Å²) in [6, 6.07) is 12.0. The highest BCUT2D eigenvalue weighted by Gasteiger charge is 2.19. The summed E-state index contributed by atoms with van der Waals surface area (Å²) in [5.74, 6) is 0.962. The second kappa shape index (κ2) is 10.0. The number of nitrogens with one attached hydrogen (secondary N) is 1. The minimum absolute atomic E-state index is 0.112. The fourth-order valence-corrected chi connectivity index (χ4v) is 4.34. The van der Waals surface area contributed by atoms with Crippen molar-refractivity contribution in [2.75, 3.05) is 13.2 Å². The zero-order valence-electron chi connectivity index (χ0n) is 19.0. The number of thiophene rings is 1. The van der Waals surface area contributed by atoms with E-state index in [1.165, 1.54) is 0 Å². The van der Waals surface area contributed by atoms with Crippen molar-refractivity contribution in [3.63, 3.8) is 0 Å². The lowest BCUT2D eigenvalue weighted by Gasteiger charge is -2.27. The Hall–Kier alpha value is -2.06. The first kappa shape index (κ1) is 23.6. The highest BCUT2D eigenvalue weighted by Crippen LogP contribution is 2.27. The number of benzene rings is 1. The first-order valence-corrected chi connectivity index (χ1v) is 11.5. The fourth-order valence-electron chi connectivity index (χ4n) is 3.29. The summed E-state index contributed by atoms with van der Waals surface area (Å²) in [6.07, 6.45) is -0.646. The first-order chi connectivity index (χ1) is 14.6. The Bertz CT molecular complexity index is 1040. The SMILES string of the molecule is CC(C)c1cc2c(=O)[nH]c(CN(Cc3ccccc3)CC(O)COC(C)(C)C)nc2s1. The van der Waals surface area contributed by atoms with Crippen LogP contribution in [0.15, 0.2) is 41.2 Å². The van der Waals surface area contributed by atoms with Crippen LogP contribution in [0, 0.1) is 0 Å². The van der Waals surface area contributed by atoms with Gasteiger partial charge in [0.05, 0.1) is 30.2 Å². The van der Waals surface area contributed by atoms with E-state index in [9.17, 15) is 9.90 Å². The number of aromatic nitrogens is 2. The van der Waals surface area contributed by atoms with Crippen LogP contribution in [0.4, 0.5) is 0 Å². The Labute approximate surface area is 187 Å². The van der Waals surface area contributed by atoms with Crippen molar-refractivity contribution < 1.29 is 9.84 Å². The van der Waals surface area contributed by atoms with E-state index in [1.807, 2.05) is 45.0 Å². The molecule has 0 aliphatic heterocycles. The minimum Gasteiger partial charge on any atom is -0.389 e. The molecule has 0 aliphatic rings. The molecule has 0 radical (unpaired) electrons. The monoisotopic (exact) mass is 443 g/mol. The third-order valence-corrected chi connectivity index (χ3v) is 6.17. The average molecular weight is 444 g/mol. The number of hydrogen-bond acceptors (Lipinski definition) is 6. The Kier molecular flexibility index (Phi) is 7.64. The molecule has 2 N–H and O–H groups in total. The molecule has 0 bridgehead atoms. The number of hydrogen-bond donors (Lipinski definition) is 2. The van der Waals surface area contributed by atoms with Gasteiger partial charge in [-0.1, -0.05) is 44.2 Å². The molecule has 3 aromatic rings. The predicted octanol–water partition coefficient (Wildman–Crippen LogP) is 4.29. The summed E-state index contributed by atoms with van der Waals surface area (Å²) in [5.41, 5.74) is 0.712. The number of ether oxygens (including phenoxy) is 1. The second-order valence-corrected chi connectivity index (χ2v) is 10.3. The second-order valence-electron chi connectivity index (χ2n) is 9.27. The number of aromatic amines is 1. The van der Waals surface area contributed by atoms with Crippen LogP contribution in [0.3, 0.4) is 0 Å². The highest BCUT2D eigenvalue weighted by molar-refractivity contribution is 7.18. The number of fused-ring (bicyclic) bond motifs is 1. The maximum Gasteiger partial charge on any atom is 0.259 e. The zero-order valence-corrected chi connectivity index (χ0v) is 19.8. The summed E-state index contributed by atoms with van der Waals surface area (Å²) in [6.45, 7) is 11.9. The van der Waals surface area contributed by atoms with E-state index < -0.39 is 6.10 Å². The largest absolute Gasteiger partial charge is 0.389 e. The molecule has 31 heavy (non-hydrogen) atoms. The molecule has 0 aliphatic carbocycles. The maximum atomic E-state index is 12.6. The molecule has 2 heterocycles. The van der Waals surface area contributed by atoms with Crippen molar-refractivity contribution in [1.82, 2.24) is 14.9 Å². The van der Waals surface area contributed by atoms with Crippen molar-refractivity contribution in [1.29, 1.82) is 0 Å². The van der Waals surface area contributed by atoms with Crippen LogP contribution < -0.4 is 5.56 Å². The standard InChI is InChI=1S/C24H33N3O3S/c1-16(2)20-11-19-22(29)25-21(26-23(19)31-20)14-27(12-17-9-7-6-8-10-17)13-18(28)15-30-24(3,4)5/h6-11,16,18,28H,12-15H2,1-5H3,(H,25,26,29). The molecule has 0 saturated heterocycles. The number of H-pyrrole nitrogens is 1. The van der Waals surface area contributed by atoms with Gasteiger partial charge < -0.3 is 14.8 Å². The summed E-state index contributed by atoms with van der Waals surface area (Å²) in [7, 11) is 0. The lowest BCUT2D eigenvalue weighted by Crippen LogP contribution is -2.37. The van der Waals surface area contributed by atoms with E-state index in [0.717, 1.165) is 15.3 Å². The third kappa shape index (κ3) is 6.97. The van der Waals surface area contributed by atoms with Gasteiger partial charge in [0.25, 0.3) is 5.56 Å². The van der Waals surface area contributed by atoms with Gasteiger partial charge in [-0.3, -0.25) is 9.69 Å². The van der Waals surface area contributed by atoms with Gasteiger partial charge in [-0.25, -0.2) is 4.98 Å². The number of aliphatic hydroxyl groups is 1. The topological polar surface area (TPSA) is 78.5 Å². The van der Waals surface area contributed by atoms with Gasteiger partial charge in [-0.2, -0.15) is 0 Å². The molecule has 6 nitrogen and oxygen atoms in total. The van der Waals surface area contributed by atoms with E-state index in [2.05, 4.69) is 35.9 Å². The molecule has 0 spiro atoms. The Morgan fingerprint density at radius 2 is 1.90 bits per heavy atom. The van der Waals surface area contributed by atoms with E-state index in [4.69, 9.17) is 9.72 Å². The molecule has 0 saturated carbocycles. The summed E-state index contributed by atoms with van der Waals surface area (Å²) < 4.78 is 5.75. The van der Waals surface area contributed by atoms with Gasteiger partial charge in [-0.05, 0) is 38.3 Å². The average Bonchev–Trinajstić information content (AvgIpc) is 3.12. The number of nitrogens with zero attached hydrogens (tertiary/aromatic N) is 2. The van der Waals surface area contributed by atoms with Crippen LogP contribution in [-0.2, 0) is 17.8 Å². The van der Waals surface area contributed by atoms with E-state index >= 15 is 0 Å². The molecule has 3 rings (SSSR count). The van der Waals surface area contributed by atoms with Gasteiger partial charge in [0.15, 0.2) is 0 Å². The van der Waals surface area contributed by atoms with Crippen molar-refractivity contribution in [2.24, 2.45) is 0 Å². The van der Waals surface area contributed by atoms with Crippen LogP contribution >= 0.6 is 11.3 Å². The molecular weight excluding hydrogens is 410 g/mol. The molecule has 7 heteroatoms. The molecule has 1 aromatic carbocycles. The fraction of sp³-hybridized carbons (Fsp3) is 0.500. The van der Waals surface area contributed by atoms with Crippen molar-refractivity contribution in [3.05, 3.63) is 63.0 Å². The van der Waals surface area contributed by atoms with Crippen molar-refractivity contribution >= 4 is 21.6 Å². The number of aliphatic hydroxyl groups excluding tert-OH is 1. The molecule has 0 amide bonds. The molecule has 1 atom stereocenters. The van der Waals surface area contributed by atoms with Gasteiger partial charge in [0, 0.05) is 18.0 Å². The maximum absolute atomic E-state index is 12.6. The van der Waals surface area contributed by atoms with Crippen molar-refractivity contribution in [3.8, 4) is 0 Å². The first-order valence-electron chi connectivity index (χ1n) is 10.7. The van der Waals surface area contributed by atoms with E-state index in [0.29, 0.717) is 36.8 Å². The molecule has 168 valence electrons. The Balaban J connectivity index is 1.80. The molecular formula is C24H33N3O3S. The van der Waals surface area contributed by atoms with Crippen LogP contribution in [0.25, 0.3) is 10.2 Å². The van der Waals surface area contributed by atoms with Gasteiger partial charge in [0.1, 0.15) is 10.7 Å². The summed E-state index contributed by atoms with van der Waals surface area (Å²) in [4.78, 5) is 24.3. The smallest absolute Gasteiger partial charge is 0.259 e. The van der Waals surface area contributed by atoms with E-state index in [1.54, 1.807) is 11.3 Å². The highest BCUT2D eigenvalue weighted by atomic mass is 32.1. The Morgan fingerprint density at radius 1 is 1.19 bits per heavy atom. The van der Waals surface area contributed by atoms with Crippen LogP contribution in [0.1, 0.15) is 56.8 Å². The molecule has 0 fully saturated rings. The van der Waals surface area contributed by atoms with Crippen LogP contribution in [0.5, 0.6) is 0 Å². The molecule has 1 unspecified atom stereocenters. The van der Waals surface area contributed by atoms with Crippen LogP contribution in [0.2, 0.25) is 0 Å². The number of rotatable bonds is 9. The predicted molar refractivity (Wildman–Crippen MR) is 127 cm³/mol. The molecule has 2 aromatic heterocycles. The summed E-state index contributed by atoms with van der Waals surface area (Å²) in [5, 5.41) is 11.2. The Morgan fingerprint density at radius 3 is 2.55 bits per heavy atom. The summed E-state index contributed by atoms with van der Waals surface area (Å²) >= 11 is 1.57. The van der Waals surface area contributed by atoms with E-state index in [-0.39, 0.29) is 17.8 Å². The minimum atomic E-state index is -0.646. The normalized spacial score (nSPS) is 13.4. The van der Waals surface area contributed by atoms with Gasteiger partial charge in [-0.15, -0.1) is 11.3 Å². The third-order valence-electron chi connectivity index (χ3n) is 4.84. The van der Waals surface area contributed by atoms with Crippen LogP contribution in [-0.4, -0.2) is 44.8 Å². The zero-order chi connectivity index (χ0) is 22.6.